The van der Waals surface area contributed by atoms with Crippen molar-refractivity contribution in [2.45, 2.75) is 27.7 Å². The minimum atomic E-state index is 0.769. The van der Waals surface area contributed by atoms with Crippen molar-refractivity contribution in [1.82, 2.24) is 40.3 Å². The van der Waals surface area contributed by atoms with Crippen molar-refractivity contribution in [3.05, 3.63) is 120 Å². The fourth-order valence-electron chi connectivity index (χ4n) is 3.95. The normalized spacial score (nSPS) is 10.2. The van der Waals surface area contributed by atoms with E-state index in [-0.39, 0.29) is 0 Å². The third-order valence-corrected chi connectivity index (χ3v) is 5.93. The van der Waals surface area contributed by atoms with Gasteiger partial charge < -0.3 is 0 Å². The van der Waals surface area contributed by atoms with Gasteiger partial charge in [0.2, 0.25) is 0 Å². The van der Waals surface area contributed by atoms with E-state index in [0.717, 1.165) is 68.3 Å². The van der Waals surface area contributed by atoms with Crippen molar-refractivity contribution in [2.24, 2.45) is 0 Å². The van der Waals surface area contributed by atoms with E-state index in [9.17, 15) is 0 Å². The van der Waals surface area contributed by atoms with Gasteiger partial charge in [-0.05, 0) is 100 Å². The summed E-state index contributed by atoms with van der Waals surface area (Å²) in [7, 11) is 4.20. The number of nitrogens with zero attached hydrogens (tertiary/aromatic N) is 8. The second kappa shape index (κ2) is 15.0. The molecule has 0 bridgehead atoms. The van der Waals surface area contributed by atoms with E-state index in [0.29, 0.717) is 0 Å². The molecule has 0 radical (unpaired) electrons. The van der Waals surface area contributed by atoms with Crippen molar-refractivity contribution in [1.29, 1.82) is 0 Å². The van der Waals surface area contributed by atoms with Gasteiger partial charge in [-0.3, -0.25) is 19.9 Å². The van der Waals surface area contributed by atoms with Gasteiger partial charge in [-0.1, -0.05) is 24.3 Å². The molecule has 0 atom stereocenters. The van der Waals surface area contributed by atoms with Crippen LogP contribution in [0.1, 0.15) is 22.8 Å². The molecule has 0 aromatic carbocycles. The first-order valence-electron chi connectivity index (χ1n) is 13.0. The van der Waals surface area contributed by atoms with Crippen LogP contribution < -0.4 is 0 Å². The number of aryl methyl sites for hydroxylation is 4. The van der Waals surface area contributed by atoms with Gasteiger partial charge in [-0.15, -0.1) is 20.4 Å². The Labute approximate surface area is 257 Å². The van der Waals surface area contributed by atoms with Gasteiger partial charge in [0.1, 0.15) is 22.8 Å². The summed E-state index contributed by atoms with van der Waals surface area (Å²) in [6.45, 7) is 7.84. The first-order chi connectivity index (χ1) is 20.4. The summed E-state index contributed by atoms with van der Waals surface area (Å²) in [5.74, 6) is 0. The van der Waals surface area contributed by atoms with Crippen molar-refractivity contribution in [3.63, 3.8) is 0 Å². The van der Waals surface area contributed by atoms with Crippen molar-refractivity contribution in [2.75, 3.05) is 0 Å². The number of halogens is 1. The second-order valence-corrected chi connectivity index (χ2v) is 9.26. The SMILES string of the molecule is Cc1cccc(-c2ccc(-c3cccc(C)n3)nn2)n1.Cc1cccc(-c2ccc(-c3cccc(C)n3)nn2)n1.[Cl][Cu]. The van der Waals surface area contributed by atoms with E-state index in [2.05, 4.69) is 65.5 Å². The van der Waals surface area contributed by atoms with Crippen LogP contribution in [0.2, 0.25) is 0 Å². The van der Waals surface area contributed by atoms with Crippen LogP contribution in [0.5, 0.6) is 0 Å². The summed E-state index contributed by atoms with van der Waals surface area (Å²) >= 11 is 3.66. The molecule has 6 heterocycles. The average Bonchev–Trinajstić information content (AvgIpc) is 3.03. The minimum absolute atomic E-state index is 0.769. The van der Waals surface area contributed by atoms with Crippen LogP contribution in [0.15, 0.2) is 97.1 Å². The summed E-state index contributed by atoms with van der Waals surface area (Å²) in [5.41, 5.74) is 10.3. The number of rotatable bonds is 4. The fourth-order valence-corrected chi connectivity index (χ4v) is 3.95. The van der Waals surface area contributed by atoms with Crippen LogP contribution in [0, 0.1) is 27.7 Å². The van der Waals surface area contributed by atoms with E-state index < -0.39 is 0 Å². The van der Waals surface area contributed by atoms with Crippen LogP contribution in [0.4, 0.5) is 0 Å². The third-order valence-electron chi connectivity index (χ3n) is 5.93. The molecular formula is C32H28ClCuN8. The Kier molecular flexibility index (Phi) is 10.9. The monoisotopic (exact) mass is 622 g/mol. The molecule has 8 nitrogen and oxygen atoms in total. The molecule has 0 saturated carbocycles. The number of pyridine rings is 4. The van der Waals surface area contributed by atoms with Crippen LogP contribution >= 0.6 is 10.1 Å². The predicted octanol–water partition coefficient (Wildman–Crippen LogP) is 7.12. The molecule has 0 aliphatic rings. The van der Waals surface area contributed by atoms with Gasteiger partial charge in [0.15, 0.2) is 0 Å². The number of hydrogen-bond acceptors (Lipinski definition) is 8. The molecule has 0 aliphatic heterocycles. The molecule has 0 N–H and O–H groups in total. The molecule has 6 aromatic rings. The number of aromatic nitrogens is 8. The van der Waals surface area contributed by atoms with Gasteiger partial charge in [0.25, 0.3) is 0 Å². The van der Waals surface area contributed by atoms with Crippen molar-refractivity contribution >= 4 is 10.1 Å². The van der Waals surface area contributed by atoms with Crippen LogP contribution in [-0.4, -0.2) is 40.3 Å². The fraction of sp³-hybridized carbons (Fsp3) is 0.125. The Hall–Kier alpha value is -4.43. The van der Waals surface area contributed by atoms with Crippen LogP contribution in [-0.2, 0) is 15.1 Å². The maximum atomic E-state index is 4.44. The number of hydrogen-bond donors (Lipinski definition) is 0. The average molecular weight is 624 g/mol. The predicted molar refractivity (Wildman–Crippen MR) is 162 cm³/mol. The van der Waals surface area contributed by atoms with Gasteiger partial charge in [0.05, 0.1) is 22.8 Å². The zero-order chi connectivity index (χ0) is 29.9. The molecule has 42 heavy (non-hydrogen) atoms. The van der Waals surface area contributed by atoms with Gasteiger partial charge in [0, 0.05) is 22.8 Å². The topological polar surface area (TPSA) is 103 Å². The van der Waals surface area contributed by atoms with Crippen molar-refractivity contribution < 1.29 is 15.1 Å². The van der Waals surface area contributed by atoms with E-state index in [4.69, 9.17) is 0 Å². The standard InChI is InChI=1S/2C16H14N4.ClH.Cu/c2*1-11-5-3-7-13(17-11)15-9-10-16(20-19-15)14-8-4-6-12(2)18-14;;/h2*3-10H,1-2H3;1H;/q;;;+1/p-1. The Morgan fingerprint density at radius 3 is 0.714 bits per heavy atom. The summed E-state index contributed by atoms with van der Waals surface area (Å²) < 4.78 is 0. The van der Waals surface area contributed by atoms with E-state index >= 15 is 0 Å². The first kappa shape index (κ1) is 30.5. The van der Waals surface area contributed by atoms with Gasteiger partial charge in [-0.25, -0.2) is 0 Å². The summed E-state index contributed by atoms with van der Waals surface area (Å²) in [5, 5.41) is 17.0. The van der Waals surface area contributed by atoms with Gasteiger partial charge in [-0.2, -0.15) is 0 Å². The molecule has 0 unspecified atom stereocenters. The molecule has 0 aliphatic carbocycles. The zero-order valence-electron chi connectivity index (χ0n) is 23.5. The second-order valence-electron chi connectivity index (χ2n) is 9.26. The van der Waals surface area contributed by atoms with Crippen molar-refractivity contribution in [3.8, 4) is 45.6 Å². The zero-order valence-corrected chi connectivity index (χ0v) is 25.2. The third kappa shape index (κ3) is 8.30. The molecule has 6 rings (SSSR count). The summed E-state index contributed by atoms with van der Waals surface area (Å²) in [6.07, 6.45) is 0. The molecule has 0 amide bonds. The molecule has 0 saturated heterocycles. The van der Waals surface area contributed by atoms with E-state index in [1.54, 1.807) is 0 Å². The molecule has 0 fully saturated rings. The quantitative estimate of drug-likeness (QED) is 0.191. The van der Waals surface area contributed by atoms with E-state index in [1.165, 1.54) is 0 Å². The van der Waals surface area contributed by atoms with Gasteiger partial charge >= 0.3 is 25.2 Å². The Morgan fingerprint density at radius 1 is 0.333 bits per heavy atom. The van der Waals surface area contributed by atoms with Crippen LogP contribution in [0.3, 0.4) is 0 Å². The molecule has 214 valence electrons. The van der Waals surface area contributed by atoms with E-state index in [1.807, 2.05) is 125 Å². The van der Waals surface area contributed by atoms with Crippen LogP contribution in [0.25, 0.3) is 45.6 Å². The Bertz CT molecular complexity index is 1490. The maximum absolute atomic E-state index is 4.44. The first-order valence-corrected chi connectivity index (χ1v) is 14.3. The Balaban J connectivity index is 0.000000182. The summed E-state index contributed by atoms with van der Waals surface area (Å²) in [6, 6.07) is 31.1. The molecule has 10 heteroatoms. The molecular weight excluding hydrogens is 595 g/mol. The molecule has 0 spiro atoms. The molecule has 6 aromatic heterocycles. The summed E-state index contributed by atoms with van der Waals surface area (Å²) in [4.78, 5) is 17.8. The Morgan fingerprint density at radius 2 is 0.548 bits per heavy atom.